The molecule has 2 aromatic carbocycles. The van der Waals surface area contributed by atoms with E-state index in [0.29, 0.717) is 17.4 Å². The van der Waals surface area contributed by atoms with Crippen LogP contribution in [-0.2, 0) is 4.79 Å². The number of para-hydroxylation sites is 1. The molecule has 0 radical (unpaired) electrons. The van der Waals surface area contributed by atoms with Gasteiger partial charge in [-0.1, -0.05) is 26.0 Å². The molecule has 0 aliphatic heterocycles. The van der Waals surface area contributed by atoms with Gasteiger partial charge in [-0.25, -0.2) is 13.8 Å². The molecule has 3 aromatic rings. The van der Waals surface area contributed by atoms with Gasteiger partial charge < -0.3 is 5.32 Å². The molecule has 6 nitrogen and oxygen atoms in total. The number of hydrogen-bond acceptors (Lipinski definition) is 3. The zero-order chi connectivity index (χ0) is 20.4. The minimum atomic E-state index is -0.830. The number of aromatic nitrogens is 2. The number of carbonyl (C=O) groups excluding carboxylic acids is 1. The highest BCUT2D eigenvalue weighted by atomic mass is 19.1. The lowest BCUT2D eigenvalue weighted by Gasteiger charge is -2.20. The lowest BCUT2D eigenvalue weighted by molar-refractivity contribution is -0.124. The van der Waals surface area contributed by atoms with E-state index in [1.807, 2.05) is 13.8 Å². The van der Waals surface area contributed by atoms with E-state index in [4.69, 9.17) is 0 Å². The third kappa shape index (κ3) is 3.60. The molecular formula is C21H22FN3O3. The molecule has 28 heavy (non-hydrogen) atoms. The largest absolute Gasteiger partial charge is 0.354 e. The van der Waals surface area contributed by atoms with Crippen LogP contribution in [0.2, 0.25) is 0 Å². The maximum atomic E-state index is 13.3. The Balaban J connectivity index is 2.25. The molecule has 3 rings (SSSR count). The number of nitrogens with zero attached hydrogens (tertiary/aromatic N) is 2. The van der Waals surface area contributed by atoms with Crippen molar-refractivity contribution in [1.29, 1.82) is 0 Å². The van der Waals surface area contributed by atoms with E-state index in [0.717, 1.165) is 4.57 Å². The standard InChI is InChI=1S/C21H22FN3O3/c1-13(2)12-23-19(26)14(3)24-18-7-5-4-6-17(18)20(27)25(21(24)28)16-10-8-15(22)9-11-16/h4-11,13-14H,12H2,1-3H3,(H,23,26). The SMILES string of the molecule is CC(C)CNC(=O)C(C)n1c(=O)n(-c2ccc(F)cc2)c(=O)c2ccccc21. The van der Waals surface area contributed by atoms with Crippen molar-refractivity contribution in [3.63, 3.8) is 0 Å². The smallest absolute Gasteiger partial charge is 0.336 e. The van der Waals surface area contributed by atoms with E-state index in [-0.39, 0.29) is 17.5 Å². The van der Waals surface area contributed by atoms with Crippen molar-refractivity contribution in [2.24, 2.45) is 5.92 Å². The van der Waals surface area contributed by atoms with E-state index in [9.17, 15) is 18.8 Å². The monoisotopic (exact) mass is 383 g/mol. The van der Waals surface area contributed by atoms with Gasteiger partial charge in [-0.05, 0) is 49.2 Å². The highest BCUT2D eigenvalue weighted by Gasteiger charge is 2.22. The molecule has 0 aliphatic carbocycles. The fraction of sp³-hybridized carbons (Fsp3) is 0.286. The summed E-state index contributed by atoms with van der Waals surface area (Å²) in [6.45, 7) is 6.04. The summed E-state index contributed by atoms with van der Waals surface area (Å²) < 4.78 is 15.6. The van der Waals surface area contributed by atoms with Crippen molar-refractivity contribution in [3.8, 4) is 5.69 Å². The topological polar surface area (TPSA) is 73.1 Å². The van der Waals surface area contributed by atoms with Gasteiger partial charge in [0, 0.05) is 6.54 Å². The maximum absolute atomic E-state index is 13.3. The Bertz CT molecular complexity index is 1130. The minimum absolute atomic E-state index is 0.241. The van der Waals surface area contributed by atoms with Crippen LogP contribution in [0.15, 0.2) is 58.1 Å². The second-order valence-corrected chi connectivity index (χ2v) is 7.10. The summed E-state index contributed by atoms with van der Waals surface area (Å²) in [6, 6.07) is 10.9. The van der Waals surface area contributed by atoms with Gasteiger partial charge in [-0.2, -0.15) is 0 Å². The van der Waals surface area contributed by atoms with Crippen molar-refractivity contribution < 1.29 is 9.18 Å². The summed E-state index contributed by atoms with van der Waals surface area (Å²) >= 11 is 0. The Morgan fingerprint density at radius 2 is 1.68 bits per heavy atom. The molecule has 1 unspecified atom stereocenters. The third-order valence-electron chi connectivity index (χ3n) is 4.53. The molecule has 1 amide bonds. The Kier molecular flexibility index (Phi) is 5.44. The first-order valence-corrected chi connectivity index (χ1v) is 9.11. The fourth-order valence-electron chi connectivity index (χ4n) is 3.04. The highest BCUT2D eigenvalue weighted by molar-refractivity contribution is 5.84. The Labute approximate surface area is 161 Å². The third-order valence-corrected chi connectivity index (χ3v) is 4.53. The van der Waals surface area contributed by atoms with E-state index < -0.39 is 23.1 Å². The summed E-state index contributed by atoms with van der Waals surface area (Å²) in [5.74, 6) is -0.526. The van der Waals surface area contributed by atoms with Gasteiger partial charge in [0.15, 0.2) is 0 Å². The molecule has 146 valence electrons. The second-order valence-electron chi connectivity index (χ2n) is 7.10. The average molecular weight is 383 g/mol. The lowest BCUT2D eigenvalue weighted by atomic mass is 10.2. The molecule has 7 heteroatoms. The van der Waals surface area contributed by atoms with Crippen LogP contribution < -0.4 is 16.6 Å². The molecule has 1 atom stereocenters. The van der Waals surface area contributed by atoms with Crippen molar-refractivity contribution in [1.82, 2.24) is 14.5 Å². The molecule has 0 bridgehead atoms. The molecule has 0 fully saturated rings. The lowest BCUT2D eigenvalue weighted by Crippen LogP contribution is -2.44. The van der Waals surface area contributed by atoms with Gasteiger partial charge >= 0.3 is 5.69 Å². The van der Waals surface area contributed by atoms with Crippen LogP contribution in [-0.4, -0.2) is 21.6 Å². The van der Waals surface area contributed by atoms with Crippen LogP contribution in [0.5, 0.6) is 0 Å². The van der Waals surface area contributed by atoms with Crippen LogP contribution in [0.3, 0.4) is 0 Å². The number of nitrogens with one attached hydrogen (secondary N) is 1. The molecule has 0 saturated heterocycles. The molecule has 0 spiro atoms. The van der Waals surface area contributed by atoms with E-state index in [1.54, 1.807) is 31.2 Å². The van der Waals surface area contributed by atoms with Crippen molar-refractivity contribution in [2.45, 2.75) is 26.8 Å². The second kappa shape index (κ2) is 7.80. The number of halogens is 1. The Morgan fingerprint density at radius 3 is 2.32 bits per heavy atom. The van der Waals surface area contributed by atoms with E-state index in [2.05, 4.69) is 5.32 Å². The van der Waals surface area contributed by atoms with E-state index >= 15 is 0 Å². The highest BCUT2D eigenvalue weighted by Crippen LogP contribution is 2.15. The Morgan fingerprint density at radius 1 is 1.04 bits per heavy atom. The van der Waals surface area contributed by atoms with Gasteiger partial charge in [0.25, 0.3) is 5.56 Å². The molecule has 0 saturated carbocycles. The quantitative estimate of drug-likeness (QED) is 0.736. The molecule has 1 heterocycles. The fourth-order valence-corrected chi connectivity index (χ4v) is 3.04. The van der Waals surface area contributed by atoms with Gasteiger partial charge in [0.1, 0.15) is 11.9 Å². The first-order valence-electron chi connectivity index (χ1n) is 9.11. The number of benzene rings is 2. The summed E-state index contributed by atoms with van der Waals surface area (Å²) in [6.07, 6.45) is 0. The van der Waals surface area contributed by atoms with Crippen LogP contribution >= 0.6 is 0 Å². The van der Waals surface area contributed by atoms with Crippen molar-refractivity contribution in [3.05, 3.63) is 75.2 Å². The van der Waals surface area contributed by atoms with E-state index in [1.165, 1.54) is 28.8 Å². The first kappa shape index (κ1) is 19.5. The predicted molar refractivity (Wildman–Crippen MR) is 106 cm³/mol. The summed E-state index contributed by atoms with van der Waals surface area (Å²) in [5, 5.41) is 3.12. The molecular weight excluding hydrogens is 361 g/mol. The molecule has 1 aromatic heterocycles. The number of carbonyl (C=O) groups is 1. The van der Waals surface area contributed by atoms with Crippen LogP contribution in [0.1, 0.15) is 26.8 Å². The zero-order valence-electron chi connectivity index (χ0n) is 16.0. The summed E-state index contributed by atoms with van der Waals surface area (Å²) in [7, 11) is 0. The van der Waals surface area contributed by atoms with Gasteiger partial charge in [0.2, 0.25) is 5.91 Å². The van der Waals surface area contributed by atoms with Crippen LogP contribution in [0, 0.1) is 11.7 Å². The van der Waals surface area contributed by atoms with Crippen molar-refractivity contribution in [2.75, 3.05) is 6.54 Å². The number of fused-ring (bicyclic) bond motifs is 1. The zero-order valence-corrected chi connectivity index (χ0v) is 16.0. The summed E-state index contributed by atoms with van der Waals surface area (Å²) in [4.78, 5) is 38.8. The van der Waals surface area contributed by atoms with Gasteiger partial charge in [-0.15, -0.1) is 0 Å². The Hall–Kier alpha value is -3.22. The van der Waals surface area contributed by atoms with Crippen LogP contribution in [0.25, 0.3) is 16.6 Å². The number of hydrogen-bond donors (Lipinski definition) is 1. The summed E-state index contributed by atoms with van der Waals surface area (Å²) in [5.41, 5.74) is -0.547. The average Bonchev–Trinajstić information content (AvgIpc) is 2.67. The molecule has 1 N–H and O–H groups in total. The molecule has 0 aliphatic rings. The van der Waals surface area contributed by atoms with Gasteiger partial charge in [0.05, 0.1) is 16.6 Å². The van der Waals surface area contributed by atoms with Gasteiger partial charge in [-0.3, -0.25) is 14.2 Å². The first-order chi connectivity index (χ1) is 13.3. The minimum Gasteiger partial charge on any atom is -0.354 e. The predicted octanol–water partition coefficient (Wildman–Crippen LogP) is 2.62. The normalized spacial score (nSPS) is 12.3. The van der Waals surface area contributed by atoms with Crippen molar-refractivity contribution >= 4 is 16.8 Å². The maximum Gasteiger partial charge on any atom is 0.336 e. The number of rotatable bonds is 5. The number of amides is 1. The van der Waals surface area contributed by atoms with Crippen LogP contribution in [0.4, 0.5) is 4.39 Å².